The summed E-state index contributed by atoms with van der Waals surface area (Å²) >= 11 is 0. The number of piperazine rings is 1. The van der Waals surface area contributed by atoms with Gasteiger partial charge in [0.05, 0.1) is 0 Å². The van der Waals surface area contributed by atoms with Crippen molar-refractivity contribution in [1.29, 1.82) is 0 Å². The van der Waals surface area contributed by atoms with Gasteiger partial charge in [0.2, 0.25) is 5.91 Å². The number of carbonyl (C=O) groups is 3. The zero-order valence-electron chi connectivity index (χ0n) is 16.8. The maximum Gasteiger partial charge on any atom is 0.325 e. The molecule has 2 aliphatic heterocycles. The Hall–Kier alpha value is -1.34. The van der Waals surface area contributed by atoms with Gasteiger partial charge in [-0.25, -0.2) is 4.79 Å². The van der Waals surface area contributed by atoms with Gasteiger partial charge in [-0.15, -0.1) is 12.4 Å². The highest BCUT2D eigenvalue weighted by Gasteiger charge is 2.53. The van der Waals surface area contributed by atoms with Crippen LogP contribution in [0.25, 0.3) is 0 Å². The van der Waals surface area contributed by atoms with E-state index in [1.54, 1.807) is 4.90 Å². The number of carbonyl (C=O) groups excluding carboxylic acids is 3. The predicted octanol–water partition coefficient (Wildman–Crippen LogP) is 1.76. The van der Waals surface area contributed by atoms with Crippen molar-refractivity contribution in [3.8, 4) is 0 Å². The molecule has 1 atom stereocenters. The van der Waals surface area contributed by atoms with Crippen LogP contribution in [0.1, 0.15) is 53.4 Å². The fraction of sp³-hybridized carbons (Fsp3) is 0.842. The van der Waals surface area contributed by atoms with E-state index in [0.717, 1.165) is 30.8 Å². The average Bonchev–Trinajstić information content (AvgIpc) is 2.79. The number of rotatable bonds is 2. The van der Waals surface area contributed by atoms with Crippen molar-refractivity contribution in [3.05, 3.63) is 0 Å². The number of nitrogens with zero attached hydrogens (tertiary/aromatic N) is 2. The van der Waals surface area contributed by atoms with Crippen molar-refractivity contribution in [2.45, 2.75) is 65.0 Å². The van der Waals surface area contributed by atoms with Crippen molar-refractivity contribution < 1.29 is 14.4 Å². The largest absolute Gasteiger partial charge is 0.336 e. The van der Waals surface area contributed by atoms with Crippen LogP contribution < -0.4 is 10.6 Å². The number of hydrogen-bond acceptors (Lipinski definition) is 4. The van der Waals surface area contributed by atoms with E-state index in [9.17, 15) is 14.4 Å². The van der Waals surface area contributed by atoms with Crippen LogP contribution in [0.3, 0.4) is 0 Å². The van der Waals surface area contributed by atoms with Gasteiger partial charge < -0.3 is 15.5 Å². The standard InChI is InChI=1S/C19H32N4O3.ClH/c1-13-11-20-9-10-22(13)15(24)12-23-16(25)19(21-17(23)26)7-5-14(6-8-19)18(2,3)4;/h13-14,20H,5-12H2,1-4H3,(H,21,26);1H. The third-order valence-electron chi connectivity index (χ3n) is 6.42. The summed E-state index contributed by atoms with van der Waals surface area (Å²) in [5.41, 5.74) is -0.588. The molecule has 2 saturated heterocycles. The molecule has 0 radical (unpaired) electrons. The zero-order chi connectivity index (χ0) is 19.1. The topological polar surface area (TPSA) is 81.8 Å². The maximum atomic E-state index is 13.0. The maximum absolute atomic E-state index is 13.0. The lowest BCUT2D eigenvalue weighted by atomic mass is 9.67. The van der Waals surface area contributed by atoms with Gasteiger partial charge in [0.15, 0.2) is 0 Å². The normalized spacial score (nSPS) is 31.7. The van der Waals surface area contributed by atoms with Crippen LogP contribution in [-0.2, 0) is 9.59 Å². The molecule has 154 valence electrons. The second kappa shape index (κ2) is 7.95. The van der Waals surface area contributed by atoms with Crippen LogP contribution in [0.2, 0.25) is 0 Å². The minimum absolute atomic E-state index is 0. The Morgan fingerprint density at radius 1 is 1.22 bits per heavy atom. The van der Waals surface area contributed by atoms with E-state index in [-0.39, 0.29) is 42.2 Å². The molecule has 4 amide bonds. The van der Waals surface area contributed by atoms with Gasteiger partial charge in [-0.05, 0) is 43.9 Å². The molecule has 2 N–H and O–H groups in total. The Kier molecular flexibility index (Phi) is 6.47. The lowest BCUT2D eigenvalue weighted by Crippen LogP contribution is -2.55. The Bertz CT molecular complexity index is 596. The van der Waals surface area contributed by atoms with E-state index in [1.807, 2.05) is 6.92 Å². The van der Waals surface area contributed by atoms with E-state index in [0.29, 0.717) is 25.3 Å². The number of nitrogens with one attached hydrogen (secondary N) is 2. The van der Waals surface area contributed by atoms with Gasteiger partial charge in [-0.2, -0.15) is 0 Å². The number of halogens is 1. The Morgan fingerprint density at radius 3 is 2.41 bits per heavy atom. The van der Waals surface area contributed by atoms with Crippen LogP contribution in [-0.4, -0.2) is 65.4 Å². The highest BCUT2D eigenvalue weighted by molar-refractivity contribution is 6.09. The highest BCUT2D eigenvalue weighted by atomic mass is 35.5. The minimum atomic E-state index is -0.797. The molecule has 3 rings (SSSR count). The van der Waals surface area contributed by atoms with E-state index >= 15 is 0 Å². The van der Waals surface area contributed by atoms with Gasteiger partial charge in [-0.1, -0.05) is 20.8 Å². The summed E-state index contributed by atoms with van der Waals surface area (Å²) in [5, 5.41) is 6.15. The highest BCUT2D eigenvalue weighted by Crippen LogP contribution is 2.43. The molecule has 1 spiro atoms. The van der Waals surface area contributed by atoms with Crippen LogP contribution in [0.4, 0.5) is 4.79 Å². The zero-order valence-corrected chi connectivity index (χ0v) is 17.7. The molecule has 1 aliphatic carbocycles. The Morgan fingerprint density at radius 2 is 1.85 bits per heavy atom. The third kappa shape index (κ3) is 4.24. The lowest BCUT2D eigenvalue weighted by Gasteiger charge is -2.40. The monoisotopic (exact) mass is 400 g/mol. The van der Waals surface area contributed by atoms with Gasteiger partial charge in [-0.3, -0.25) is 14.5 Å². The molecule has 0 aromatic heterocycles. The van der Waals surface area contributed by atoms with Crippen molar-refractivity contribution >= 4 is 30.3 Å². The first-order valence-electron chi connectivity index (χ1n) is 9.78. The summed E-state index contributed by atoms with van der Waals surface area (Å²) in [5.74, 6) is 0.184. The second-order valence-electron chi connectivity index (χ2n) is 9.18. The molecule has 1 saturated carbocycles. The van der Waals surface area contributed by atoms with E-state index in [2.05, 4.69) is 31.4 Å². The summed E-state index contributed by atoms with van der Waals surface area (Å²) < 4.78 is 0. The van der Waals surface area contributed by atoms with Crippen LogP contribution >= 0.6 is 12.4 Å². The molecule has 27 heavy (non-hydrogen) atoms. The first-order valence-corrected chi connectivity index (χ1v) is 9.78. The van der Waals surface area contributed by atoms with Crippen molar-refractivity contribution in [2.24, 2.45) is 11.3 Å². The first-order chi connectivity index (χ1) is 12.1. The van der Waals surface area contributed by atoms with E-state index in [4.69, 9.17) is 0 Å². The minimum Gasteiger partial charge on any atom is -0.336 e. The molecule has 3 fully saturated rings. The number of hydrogen-bond donors (Lipinski definition) is 2. The number of amides is 4. The molecule has 0 aromatic carbocycles. The van der Waals surface area contributed by atoms with Gasteiger partial charge >= 0.3 is 6.03 Å². The molecule has 0 bridgehead atoms. The molecule has 1 unspecified atom stereocenters. The SMILES string of the molecule is CC1CNCCN1C(=O)CN1C(=O)NC2(CCC(C(C)(C)C)CC2)C1=O.Cl. The average molecular weight is 401 g/mol. The summed E-state index contributed by atoms with van der Waals surface area (Å²) in [6.07, 6.45) is 3.17. The molecular formula is C19H33ClN4O3. The predicted molar refractivity (Wildman–Crippen MR) is 106 cm³/mol. The number of imide groups is 1. The summed E-state index contributed by atoms with van der Waals surface area (Å²) in [6.45, 7) is 10.6. The molecular weight excluding hydrogens is 368 g/mol. The smallest absolute Gasteiger partial charge is 0.325 e. The van der Waals surface area contributed by atoms with Gasteiger partial charge in [0, 0.05) is 25.7 Å². The molecule has 7 nitrogen and oxygen atoms in total. The van der Waals surface area contributed by atoms with Crippen LogP contribution in [0.5, 0.6) is 0 Å². The van der Waals surface area contributed by atoms with E-state index < -0.39 is 11.6 Å². The quantitative estimate of drug-likeness (QED) is 0.692. The molecule has 8 heteroatoms. The lowest BCUT2D eigenvalue weighted by molar-refractivity contribution is -0.141. The van der Waals surface area contributed by atoms with Crippen LogP contribution in [0, 0.1) is 11.3 Å². The van der Waals surface area contributed by atoms with Gasteiger partial charge in [0.25, 0.3) is 5.91 Å². The molecule has 0 aromatic rings. The van der Waals surface area contributed by atoms with Crippen molar-refractivity contribution in [1.82, 2.24) is 20.4 Å². The molecule has 3 aliphatic rings. The van der Waals surface area contributed by atoms with Gasteiger partial charge in [0.1, 0.15) is 12.1 Å². The fourth-order valence-electron chi connectivity index (χ4n) is 4.57. The third-order valence-corrected chi connectivity index (χ3v) is 6.42. The van der Waals surface area contributed by atoms with E-state index in [1.165, 1.54) is 0 Å². The Labute approximate surface area is 168 Å². The summed E-state index contributed by atoms with van der Waals surface area (Å²) in [4.78, 5) is 41.0. The van der Waals surface area contributed by atoms with Crippen LogP contribution in [0.15, 0.2) is 0 Å². The second-order valence-corrected chi connectivity index (χ2v) is 9.18. The number of urea groups is 1. The van der Waals surface area contributed by atoms with Crippen molar-refractivity contribution in [2.75, 3.05) is 26.2 Å². The summed E-state index contributed by atoms with van der Waals surface area (Å²) in [6, 6.07) is -0.339. The van der Waals surface area contributed by atoms with Crippen molar-refractivity contribution in [3.63, 3.8) is 0 Å². The summed E-state index contributed by atoms with van der Waals surface area (Å²) in [7, 11) is 0. The Balaban J connectivity index is 0.00000261. The molecule has 2 heterocycles. The first kappa shape index (κ1) is 22.0. The fourth-order valence-corrected chi connectivity index (χ4v) is 4.57.